The second-order valence-corrected chi connectivity index (χ2v) is 12.3. The zero-order valence-electron chi connectivity index (χ0n) is 26.6. The van der Waals surface area contributed by atoms with E-state index in [0.717, 1.165) is 36.8 Å². The van der Waals surface area contributed by atoms with Crippen LogP contribution in [0.25, 0.3) is 22.5 Å². The molecule has 1 aromatic carbocycles. The van der Waals surface area contributed by atoms with Crippen LogP contribution in [0.15, 0.2) is 42.7 Å². The summed E-state index contributed by atoms with van der Waals surface area (Å²) in [6.45, 7) is 20.5. The predicted molar refractivity (Wildman–Crippen MR) is 165 cm³/mol. The SMILES string of the molecule is CC.CCCCC(CC)COC(=O)c1c(F)c(-c2cc(C(C)(C)C)ccn2)cc(-c2cc(C(C)(C)C)ccn2)c1F. The number of carbonyl (C=O) groups excluding carboxylic acids is 1. The van der Waals surface area contributed by atoms with Crippen LogP contribution in [-0.2, 0) is 15.6 Å². The summed E-state index contributed by atoms with van der Waals surface area (Å²) < 4.78 is 37.7. The number of halogens is 2. The van der Waals surface area contributed by atoms with E-state index >= 15 is 8.78 Å². The number of unbranched alkanes of at least 4 members (excludes halogenated alkanes) is 1. The molecule has 0 saturated heterocycles. The molecule has 4 nitrogen and oxygen atoms in total. The van der Waals surface area contributed by atoms with E-state index in [2.05, 4.69) is 16.9 Å². The molecule has 0 aliphatic heterocycles. The van der Waals surface area contributed by atoms with Crippen LogP contribution in [-0.4, -0.2) is 22.5 Å². The molecule has 3 aromatic rings. The summed E-state index contributed by atoms with van der Waals surface area (Å²) in [6, 6.07) is 8.71. The number of hydrogen-bond donors (Lipinski definition) is 0. The van der Waals surface area contributed by atoms with Crippen molar-refractivity contribution in [2.75, 3.05) is 6.61 Å². The highest BCUT2D eigenvalue weighted by molar-refractivity contribution is 5.94. The molecule has 0 fully saturated rings. The van der Waals surface area contributed by atoms with Gasteiger partial charge in [0.15, 0.2) is 0 Å². The Labute approximate surface area is 246 Å². The molecule has 1 unspecified atom stereocenters. The normalized spacial score (nSPS) is 12.4. The van der Waals surface area contributed by atoms with Crippen LogP contribution in [0, 0.1) is 17.6 Å². The van der Waals surface area contributed by atoms with Gasteiger partial charge in [0.05, 0.1) is 18.0 Å². The zero-order valence-corrected chi connectivity index (χ0v) is 26.6. The summed E-state index contributed by atoms with van der Waals surface area (Å²) in [7, 11) is 0. The summed E-state index contributed by atoms with van der Waals surface area (Å²) in [4.78, 5) is 22.0. The first kappa shape index (κ1) is 34.1. The Morgan fingerprint density at radius 1 is 0.829 bits per heavy atom. The van der Waals surface area contributed by atoms with Crippen LogP contribution in [0.1, 0.15) is 116 Å². The van der Waals surface area contributed by atoms with E-state index in [1.54, 1.807) is 24.5 Å². The molecule has 0 N–H and O–H groups in total. The molecule has 224 valence electrons. The molecule has 0 radical (unpaired) electrons. The number of esters is 1. The molecule has 0 aliphatic carbocycles. The van der Waals surface area contributed by atoms with Gasteiger partial charge in [-0.3, -0.25) is 9.97 Å². The Bertz CT molecular complexity index is 1220. The molecule has 6 heteroatoms. The Morgan fingerprint density at radius 2 is 1.29 bits per heavy atom. The second-order valence-electron chi connectivity index (χ2n) is 12.3. The maximum Gasteiger partial charge on any atom is 0.344 e. The number of carbonyl (C=O) groups is 1. The Kier molecular flexibility index (Phi) is 12.2. The standard InChI is InChI=1S/C33H42F2N2O2.C2H6/c1-9-11-12-21(10-2)20-39-31(38)28-29(34)24(26-17-22(13-15-36-26)32(3,4)5)19-25(30(28)35)27-18-23(14-16-37-27)33(6,7)8;1-2/h13-19,21H,9-12,20H2,1-8H3;1-2H3. The van der Waals surface area contributed by atoms with Crippen LogP contribution in [0.3, 0.4) is 0 Å². The number of ether oxygens (including phenoxy) is 1. The molecule has 0 amide bonds. The van der Waals surface area contributed by atoms with Crippen molar-refractivity contribution < 1.29 is 18.3 Å². The van der Waals surface area contributed by atoms with Gasteiger partial charge in [-0.2, -0.15) is 0 Å². The average Bonchev–Trinajstić information content (AvgIpc) is 2.93. The summed E-state index contributed by atoms with van der Waals surface area (Å²) in [5.74, 6) is -2.83. The van der Waals surface area contributed by atoms with E-state index in [0.29, 0.717) is 11.4 Å². The van der Waals surface area contributed by atoms with Gasteiger partial charge < -0.3 is 4.74 Å². The minimum absolute atomic E-state index is 0.0328. The number of pyridine rings is 2. The van der Waals surface area contributed by atoms with E-state index in [4.69, 9.17) is 4.74 Å². The molecular formula is C35H48F2N2O2. The number of nitrogens with zero attached hydrogens (tertiary/aromatic N) is 2. The zero-order chi connectivity index (χ0) is 31.0. The van der Waals surface area contributed by atoms with Crippen LogP contribution < -0.4 is 0 Å². The van der Waals surface area contributed by atoms with Gasteiger partial charge in [-0.25, -0.2) is 13.6 Å². The van der Waals surface area contributed by atoms with Crippen molar-refractivity contribution in [3.8, 4) is 22.5 Å². The maximum absolute atomic E-state index is 16.1. The molecule has 1 atom stereocenters. The van der Waals surface area contributed by atoms with Crippen molar-refractivity contribution in [2.45, 2.75) is 106 Å². The van der Waals surface area contributed by atoms with Gasteiger partial charge in [0.2, 0.25) is 0 Å². The topological polar surface area (TPSA) is 52.1 Å². The van der Waals surface area contributed by atoms with E-state index in [1.165, 1.54) is 6.07 Å². The van der Waals surface area contributed by atoms with Gasteiger partial charge in [0.1, 0.15) is 17.2 Å². The third-order valence-electron chi connectivity index (χ3n) is 7.20. The fraction of sp³-hybridized carbons (Fsp3) is 0.514. The second kappa shape index (κ2) is 14.7. The highest BCUT2D eigenvalue weighted by Crippen LogP contribution is 2.36. The lowest BCUT2D eigenvalue weighted by molar-refractivity contribution is 0.0417. The third kappa shape index (κ3) is 8.67. The first-order chi connectivity index (χ1) is 19.3. The summed E-state index contributed by atoms with van der Waals surface area (Å²) in [5, 5.41) is 0. The largest absolute Gasteiger partial charge is 0.462 e. The van der Waals surface area contributed by atoms with Crippen molar-refractivity contribution in [2.24, 2.45) is 5.92 Å². The molecular weight excluding hydrogens is 518 g/mol. The van der Waals surface area contributed by atoms with Crippen LogP contribution >= 0.6 is 0 Å². The Hall–Kier alpha value is -3.15. The van der Waals surface area contributed by atoms with Crippen molar-refractivity contribution in [3.63, 3.8) is 0 Å². The third-order valence-corrected chi connectivity index (χ3v) is 7.20. The van der Waals surface area contributed by atoms with E-state index in [9.17, 15) is 4.79 Å². The lowest BCUT2D eigenvalue weighted by Crippen LogP contribution is -2.18. The van der Waals surface area contributed by atoms with E-state index in [-0.39, 0.29) is 34.5 Å². The number of aromatic nitrogens is 2. The monoisotopic (exact) mass is 566 g/mol. The van der Waals surface area contributed by atoms with Crippen molar-refractivity contribution in [3.05, 3.63) is 71.1 Å². The average molecular weight is 567 g/mol. The van der Waals surface area contributed by atoms with Crippen LogP contribution in [0.5, 0.6) is 0 Å². The first-order valence-electron chi connectivity index (χ1n) is 14.9. The summed E-state index contributed by atoms with van der Waals surface area (Å²) in [6.07, 6.45) is 6.95. The highest BCUT2D eigenvalue weighted by Gasteiger charge is 2.29. The van der Waals surface area contributed by atoms with Gasteiger partial charge in [0.25, 0.3) is 0 Å². The Balaban J connectivity index is 0.00000287. The molecule has 0 saturated carbocycles. The molecule has 2 heterocycles. The molecule has 2 aromatic heterocycles. The molecule has 0 aliphatic rings. The Morgan fingerprint density at radius 3 is 1.68 bits per heavy atom. The smallest absolute Gasteiger partial charge is 0.344 e. The lowest BCUT2D eigenvalue weighted by atomic mass is 9.86. The molecule has 41 heavy (non-hydrogen) atoms. The molecule has 3 rings (SSSR count). The fourth-order valence-corrected chi connectivity index (χ4v) is 4.44. The predicted octanol–water partition coefficient (Wildman–Crippen LogP) is 10.1. The van der Waals surface area contributed by atoms with Gasteiger partial charge in [0, 0.05) is 23.5 Å². The van der Waals surface area contributed by atoms with Gasteiger partial charge >= 0.3 is 5.97 Å². The van der Waals surface area contributed by atoms with Gasteiger partial charge in [-0.1, -0.05) is 88.5 Å². The van der Waals surface area contributed by atoms with Gasteiger partial charge in [-0.05, 0) is 64.6 Å². The number of benzene rings is 1. The van der Waals surface area contributed by atoms with Crippen LogP contribution in [0.2, 0.25) is 0 Å². The fourth-order valence-electron chi connectivity index (χ4n) is 4.44. The van der Waals surface area contributed by atoms with Crippen molar-refractivity contribution >= 4 is 5.97 Å². The highest BCUT2D eigenvalue weighted by atomic mass is 19.1. The van der Waals surface area contributed by atoms with Gasteiger partial charge in [-0.15, -0.1) is 0 Å². The number of rotatable bonds is 9. The lowest BCUT2D eigenvalue weighted by Gasteiger charge is -2.21. The minimum Gasteiger partial charge on any atom is -0.462 e. The van der Waals surface area contributed by atoms with Crippen LogP contribution in [0.4, 0.5) is 8.78 Å². The van der Waals surface area contributed by atoms with E-state index < -0.39 is 23.2 Å². The van der Waals surface area contributed by atoms with Crippen molar-refractivity contribution in [1.29, 1.82) is 0 Å². The summed E-state index contributed by atoms with van der Waals surface area (Å²) in [5.41, 5.74) is 1.44. The van der Waals surface area contributed by atoms with Crippen molar-refractivity contribution in [1.82, 2.24) is 9.97 Å². The van der Waals surface area contributed by atoms with E-state index in [1.807, 2.05) is 74.4 Å². The summed E-state index contributed by atoms with van der Waals surface area (Å²) >= 11 is 0. The quantitative estimate of drug-likeness (QED) is 0.242. The molecule has 0 bridgehead atoms. The number of hydrogen-bond acceptors (Lipinski definition) is 4. The minimum atomic E-state index is -1.01. The molecule has 0 spiro atoms. The maximum atomic E-state index is 16.1. The first-order valence-corrected chi connectivity index (χ1v) is 14.9.